The quantitative estimate of drug-likeness (QED) is 0.324. The van der Waals surface area contributed by atoms with E-state index in [-0.39, 0.29) is 23.3 Å². The first-order valence-electron chi connectivity index (χ1n) is 9.29. The Bertz CT molecular complexity index is 1310. The number of nitrogens with zero attached hydrogens (tertiary/aromatic N) is 4. The van der Waals surface area contributed by atoms with Gasteiger partial charge in [0, 0.05) is 29.6 Å². The Kier molecular flexibility index (Phi) is 5.77. The molecule has 0 spiro atoms. The Labute approximate surface area is 184 Å². The van der Waals surface area contributed by atoms with Crippen molar-refractivity contribution in [3.05, 3.63) is 64.0 Å². The van der Waals surface area contributed by atoms with Gasteiger partial charge in [-0.2, -0.15) is 4.98 Å². The second-order valence-corrected chi connectivity index (χ2v) is 7.41. The molecule has 0 radical (unpaired) electrons. The number of para-hydroxylation sites is 2. The molecule has 4 rings (SSSR count). The van der Waals surface area contributed by atoms with Gasteiger partial charge in [-0.25, -0.2) is 4.52 Å². The molecule has 32 heavy (non-hydrogen) atoms. The summed E-state index contributed by atoms with van der Waals surface area (Å²) in [5.41, 5.74) is 2.07. The Morgan fingerprint density at radius 1 is 1.16 bits per heavy atom. The van der Waals surface area contributed by atoms with Gasteiger partial charge >= 0.3 is 5.69 Å². The number of hydrogen-bond acceptors (Lipinski definition) is 8. The molecule has 0 atom stereocenters. The minimum Gasteiger partial charge on any atom is -0.477 e. The number of aromatic nitrogens is 3. The normalized spacial score (nSPS) is 10.7. The summed E-state index contributed by atoms with van der Waals surface area (Å²) in [6.45, 7) is 1.00. The van der Waals surface area contributed by atoms with Gasteiger partial charge in [-0.05, 0) is 18.2 Å². The Hall–Kier alpha value is -4.32. The molecule has 162 valence electrons. The van der Waals surface area contributed by atoms with Crippen LogP contribution in [0.4, 0.5) is 17.3 Å². The van der Waals surface area contributed by atoms with Crippen LogP contribution in [-0.4, -0.2) is 37.9 Å². The van der Waals surface area contributed by atoms with Crippen LogP contribution in [-0.2, 0) is 9.59 Å². The van der Waals surface area contributed by atoms with Crippen LogP contribution < -0.4 is 15.4 Å². The number of nitrogens with one attached hydrogen (secondary N) is 2. The maximum absolute atomic E-state index is 12.2. The highest BCUT2D eigenvalue weighted by Gasteiger charge is 2.17. The lowest BCUT2D eigenvalue weighted by molar-refractivity contribution is -0.385. The molecular formula is C20H16N6O5S. The van der Waals surface area contributed by atoms with Gasteiger partial charge in [-0.1, -0.05) is 24.3 Å². The molecular weight excluding hydrogens is 436 g/mol. The predicted molar refractivity (Wildman–Crippen MR) is 118 cm³/mol. The van der Waals surface area contributed by atoms with Crippen molar-refractivity contribution in [2.45, 2.75) is 6.92 Å². The van der Waals surface area contributed by atoms with E-state index in [0.717, 1.165) is 11.3 Å². The number of carbonyl (C=O) groups is 2. The first-order valence-corrected chi connectivity index (χ1v) is 10.2. The monoisotopic (exact) mass is 452 g/mol. The van der Waals surface area contributed by atoms with E-state index >= 15 is 0 Å². The smallest absolute Gasteiger partial charge is 0.310 e. The van der Waals surface area contributed by atoms with E-state index < -0.39 is 17.4 Å². The number of fused-ring (bicyclic) bond motifs is 1. The molecule has 2 amide bonds. The van der Waals surface area contributed by atoms with Crippen LogP contribution in [0.25, 0.3) is 16.2 Å². The summed E-state index contributed by atoms with van der Waals surface area (Å²) in [5, 5.41) is 22.5. The number of nitro groups is 1. The molecule has 11 nitrogen and oxygen atoms in total. The van der Waals surface area contributed by atoms with Crippen molar-refractivity contribution < 1.29 is 19.2 Å². The molecule has 0 bridgehead atoms. The molecule has 0 aliphatic carbocycles. The van der Waals surface area contributed by atoms with Gasteiger partial charge in [0.15, 0.2) is 12.4 Å². The Morgan fingerprint density at radius 2 is 1.91 bits per heavy atom. The highest BCUT2D eigenvalue weighted by atomic mass is 32.1. The highest BCUT2D eigenvalue weighted by Crippen LogP contribution is 2.27. The molecule has 0 aliphatic rings. The van der Waals surface area contributed by atoms with E-state index in [0.29, 0.717) is 10.6 Å². The van der Waals surface area contributed by atoms with Crippen molar-refractivity contribution in [1.29, 1.82) is 0 Å². The summed E-state index contributed by atoms with van der Waals surface area (Å²) in [5.74, 6) is -0.624. The van der Waals surface area contributed by atoms with Gasteiger partial charge in [0.25, 0.3) is 11.9 Å². The van der Waals surface area contributed by atoms with Crippen molar-refractivity contribution in [2.24, 2.45) is 0 Å². The van der Waals surface area contributed by atoms with Crippen molar-refractivity contribution >= 4 is 45.4 Å². The van der Waals surface area contributed by atoms with Gasteiger partial charge in [-0.15, -0.1) is 16.4 Å². The number of hydrogen-bond donors (Lipinski definition) is 2. The second-order valence-electron chi connectivity index (χ2n) is 6.57. The maximum Gasteiger partial charge on any atom is 0.310 e. The minimum absolute atomic E-state index is 0.00331. The number of carbonyl (C=O) groups excluding carboxylic acids is 2. The number of benzene rings is 2. The molecule has 0 saturated carbocycles. The van der Waals surface area contributed by atoms with Crippen molar-refractivity contribution in [1.82, 2.24) is 14.6 Å². The van der Waals surface area contributed by atoms with Crippen LogP contribution >= 0.6 is 11.3 Å². The fraction of sp³-hybridized carbons (Fsp3) is 0.100. The first kappa shape index (κ1) is 20.9. The molecule has 2 aromatic heterocycles. The number of thiazole rings is 1. The van der Waals surface area contributed by atoms with Crippen molar-refractivity contribution in [2.75, 3.05) is 17.2 Å². The van der Waals surface area contributed by atoms with E-state index in [4.69, 9.17) is 4.74 Å². The molecule has 2 N–H and O–H groups in total. The predicted octanol–water partition coefficient (Wildman–Crippen LogP) is 3.34. The fourth-order valence-corrected chi connectivity index (χ4v) is 3.73. The highest BCUT2D eigenvalue weighted by molar-refractivity contribution is 7.15. The first-order chi connectivity index (χ1) is 15.4. The Morgan fingerprint density at radius 3 is 2.62 bits per heavy atom. The van der Waals surface area contributed by atoms with E-state index in [1.54, 1.807) is 22.7 Å². The van der Waals surface area contributed by atoms with Crippen molar-refractivity contribution in [3.8, 4) is 17.0 Å². The lowest BCUT2D eigenvalue weighted by Crippen LogP contribution is -2.21. The summed E-state index contributed by atoms with van der Waals surface area (Å²) in [6, 6.07) is 13.0. The summed E-state index contributed by atoms with van der Waals surface area (Å²) < 4.78 is 6.87. The van der Waals surface area contributed by atoms with E-state index in [2.05, 4.69) is 20.7 Å². The van der Waals surface area contributed by atoms with Crippen LogP contribution in [0.15, 0.2) is 53.9 Å². The van der Waals surface area contributed by atoms with Gasteiger partial charge in [0.1, 0.15) is 0 Å². The van der Waals surface area contributed by atoms with Crippen molar-refractivity contribution in [3.63, 3.8) is 0 Å². The largest absolute Gasteiger partial charge is 0.477 e. The average Bonchev–Trinajstić information content (AvgIpc) is 3.33. The zero-order valence-corrected chi connectivity index (χ0v) is 17.5. The fourth-order valence-electron chi connectivity index (χ4n) is 2.89. The average molecular weight is 452 g/mol. The van der Waals surface area contributed by atoms with Gasteiger partial charge < -0.3 is 10.1 Å². The van der Waals surface area contributed by atoms with Crippen LogP contribution in [0.1, 0.15) is 6.92 Å². The number of rotatable bonds is 7. The van der Waals surface area contributed by atoms with Gasteiger partial charge in [0.2, 0.25) is 10.9 Å². The third kappa shape index (κ3) is 4.54. The van der Waals surface area contributed by atoms with Gasteiger partial charge in [-0.3, -0.25) is 25.0 Å². The van der Waals surface area contributed by atoms with Crippen LogP contribution in [0.3, 0.4) is 0 Å². The summed E-state index contributed by atoms with van der Waals surface area (Å²) in [7, 11) is 0. The molecule has 12 heteroatoms. The van der Waals surface area contributed by atoms with E-state index in [1.165, 1.54) is 36.5 Å². The molecule has 0 saturated heterocycles. The van der Waals surface area contributed by atoms with E-state index in [1.807, 2.05) is 17.5 Å². The topological polar surface area (TPSA) is 141 Å². The zero-order valence-electron chi connectivity index (χ0n) is 16.6. The molecule has 2 heterocycles. The lowest BCUT2D eigenvalue weighted by Gasteiger charge is -2.05. The SMILES string of the molecule is CC(=O)Nc1ccc(-c2csc3nc(NC(=O)COc4ccccc4[N+](=O)[O-])nn23)cc1. The van der Waals surface area contributed by atoms with Gasteiger partial charge in [0.05, 0.1) is 10.6 Å². The van der Waals surface area contributed by atoms with Crippen LogP contribution in [0.2, 0.25) is 0 Å². The molecule has 0 fully saturated rings. The minimum atomic E-state index is -0.581. The zero-order chi connectivity index (χ0) is 22.7. The number of amides is 2. The molecule has 0 aliphatic heterocycles. The van der Waals surface area contributed by atoms with Crippen LogP contribution in [0, 0.1) is 10.1 Å². The molecule has 2 aromatic carbocycles. The third-order valence-corrected chi connectivity index (χ3v) is 5.07. The number of anilines is 2. The van der Waals surface area contributed by atoms with E-state index in [9.17, 15) is 19.7 Å². The molecule has 4 aromatic rings. The maximum atomic E-state index is 12.2. The standard InChI is InChI=1S/C20H16N6O5S/c1-12(27)21-14-8-6-13(7-9-14)16-11-32-20-23-19(24-25(16)20)22-18(28)10-31-17-5-3-2-4-15(17)26(29)30/h2-9,11H,10H2,1H3,(H,21,27)(H,22,24,28). The lowest BCUT2D eigenvalue weighted by atomic mass is 10.1. The second kappa shape index (κ2) is 8.81. The number of nitro benzene ring substituents is 1. The summed E-state index contributed by atoms with van der Waals surface area (Å²) in [6.07, 6.45) is 0. The summed E-state index contributed by atoms with van der Waals surface area (Å²) in [4.78, 5) is 38.7. The number of ether oxygens (including phenoxy) is 1. The Balaban J connectivity index is 1.45. The third-order valence-electron chi connectivity index (χ3n) is 4.25. The summed E-state index contributed by atoms with van der Waals surface area (Å²) >= 11 is 1.35. The molecule has 0 unspecified atom stereocenters. The van der Waals surface area contributed by atoms with Crippen LogP contribution in [0.5, 0.6) is 5.75 Å².